The third-order valence-electron chi connectivity index (χ3n) is 5.39. The molecule has 2 aromatic carbocycles. The van der Waals surface area contributed by atoms with Crippen molar-refractivity contribution in [2.24, 2.45) is 11.8 Å². The van der Waals surface area contributed by atoms with Gasteiger partial charge in [0.1, 0.15) is 13.2 Å². The molecule has 0 bridgehead atoms. The molecule has 1 amide bonds. The number of hydrogen-bond acceptors (Lipinski definition) is 5. The summed E-state index contributed by atoms with van der Waals surface area (Å²) in [5.74, 6) is 1.54. The molecule has 2 aliphatic heterocycles. The summed E-state index contributed by atoms with van der Waals surface area (Å²) in [7, 11) is -3.55. The minimum atomic E-state index is -3.55. The number of carbonyl (C=O) groups is 1. The number of ether oxygens (including phenoxy) is 2. The number of fused-ring (bicyclic) bond motifs is 1. The second-order valence-electron chi connectivity index (χ2n) is 8.11. The van der Waals surface area contributed by atoms with E-state index in [0.717, 1.165) is 6.42 Å². The highest BCUT2D eigenvalue weighted by molar-refractivity contribution is 7.89. The van der Waals surface area contributed by atoms with Gasteiger partial charge in [-0.05, 0) is 60.7 Å². The molecular weight excluding hydrogens is 404 g/mol. The average Bonchev–Trinajstić information content (AvgIpc) is 2.73. The molecule has 1 saturated heterocycles. The molecule has 4 rings (SSSR count). The number of amides is 1. The fourth-order valence-electron chi connectivity index (χ4n) is 4.05. The van der Waals surface area contributed by atoms with Crippen molar-refractivity contribution in [3.63, 3.8) is 0 Å². The lowest BCUT2D eigenvalue weighted by Gasteiger charge is -2.34. The molecular formula is C22H26N2O5S. The lowest BCUT2D eigenvalue weighted by Crippen LogP contribution is -2.42. The summed E-state index contributed by atoms with van der Waals surface area (Å²) in [6.07, 6.45) is 1.04. The second kappa shape index (κ2) is 8.28. The third kappa shape index (κ3) is 4.29. The Balaban J connectivity index is 1.46. The van der Waals surface area contributed by atoms with E-state index < -0.39 is 10.0 Å². The van der Waals surface area contributed by atoms with Crippen LogP contribution in [0.1, 0.15) is 30.6 Å². The number of nitrogens with one attached hydrogen (secondary N) is 1. The van der Waals surface area contributed by atoms with Gasteiger partial charge in [-0.1, -0.05) is 13.8 Å². The van der Waals surface area contributed by atoms with Gasteiger partial charge in [0.25, 0.3) is 5.91 Å². The molecule has 1 N–H and O–H groups in total. The molecule has 2 atom stereocenters. The normalized spacial score (nSPS) is 21.8. The molecule has 0 radical (unpaired) electrons. The van der Waals surface area contributed by atoms with Crippen LogP contribution in [0.15, 0.2) is 47.4 Å². The van der Waals surface area contributed by atoms with E-state index in [0.29, 0.717) is 60.9 Å². The number of sulfonamides is 1. The predicted octanol–water partition coefficient (Wildman–Crippen LogP) is 3.38. The molecule has 8 heteroatoms. The van der Waals surface area contributed by atoms with E-state index in [2.05, 4.69) is 19.2 Å². The molecule has 2 aliphatic rings. The van der Waals surface area contributed by atoms with Crippen LogP contribution in [0.5, 0.6) is 11.5 Å². The number of anilines is 1. The van der Waals surface area contributed by atoms with Gasteiger partial charge in [0.15, 0.2) is 11.5 Å². The van der Waals surface area contributed by atoms with E-state index in [1.54, 1.807) is 46.8 Å². The van der Waals surface area contributed by atoms with E-state index in [-0.39, 0.29) is 10.8 Å². The van der Waals surface area contributed by atoms with Crippen LogP contribution in [0.4, 0.5) is 5.69 Å². The first kappa shape index (κ1) is 20.7. The average molecular weight is 431 g/mol. The zero-order chi connectivity index (χ0) is 21.3. The Hall–Kier alpha value is -2.58. The molecule has 0 aromatic heterocycles. The fraction of sp³-hybridized carbons (Fsp3) is 0.409. The van der Waals surface area contributed by atoms with Gasteiger partial charge in [0.05, 0.1) is 4.90 Å². The number of nitrogens with zero attached hydrogens (tertiary/aromatic N) is 1. The van der Waals surface area contributed by atoms with Crippen molar-refractivity contribution in [1.29, 1.82) is 0 Å². The molecule has 0 unspecified atom stereocenters. The number of carbonyl (C=O) groups excluding carboxylic acids is 1. The van der Waals surface area contributed by atoms with Crippen LogP contribution in [-0.4, -0.2) is 44.9 Å². The maximum atomic E-state index is 13.0. The largest absolute Gasteiger partial charge is 0.486 e. The number of rotatable bonds is 4. The number of piperidine rings is 1. The molecule has 7 nitrogen and oxygen atoms in total. The van der Waals surface area contributed by atoms with Gasteiger partial charge in [-0.2, -0.15) is 4.31 Å². The highest BCUT2D eigenvalue weighted by Crippen LogP contribution is 2.31. The molecule has 0 saturated carbocycles. The van der Waals surface area contributed by atoms with Gasteiger partial charge in [-0.15, -0.1) is 0 Å². The number of hydrogen-bond donors (Lipinski definition) is 1. The first-order valence-electron chi connectivity index (χ1n) is 10.1. The van der Waals surface area contributed by atoms with Crippen LogP contribution in [-0.2, 0) is 10.0 Å². The van der Waals surface area contributed by atoms with Gasteiger partial charge in [0, 0.05) is 24.3 Å². The van der Waals surface area contributed by atoms with Crippen molar-refractivity contribution >= 4 is 21.6 Å². The molecule has 30 heavy (non-hydrogen) atoms. The fourth-order valence-corrected chi connectivity index (χ4v) is 5.73. The van der Waals surface area contributed by atoms with E-state index in [9.17, 15) is 13.2 Å². The zero-order valence-corrected chi connectivity index (χ0v) is 17.9. The van der Waals surface area contributed by atoms with Crippen molar-refractivity contribution < 1.29 is 22.7 Å². The first-order valence-corrected chi connectivity index (χ1v) is 11.6. The van der Waals surface area contributed by atoms with E-state index in [4.69, 9.17) is 9.47 Å². The molecule has 0 aliphatic carbocycles. The molecule has 2 aromatic rings. The Morgan fingerprint density at radius 1 is 0.967 bits per heavy atom. The Morgan fingerprint density at radius 3 is 2.27 bits per heavy atom. The quantitative estimate of drug-likeness (QED) is 0.804. The van der Waals surface area contributed by atoms with E-state index in [1.165, 1.54) is 0 Å². The van der Waals surface area contributed by atoms with Crippen LogP contribution in [0.25, 0.3) is 0 Å². The van der Waals surface area contributed by atoms with Crippen molar-refractivity contribution in [2.45, 2.75) is 25.2 Å². The standard InChI is InChI=1S/C22H26N2O5S/c1-15-11-16(2)14-24(13-15)30(26,27)19-6-4-18(5-7-19)23-22(25)17-3-8-20-21(12-17)29-10-9-28-20/h3-8,12,15-16H,9-11,13-14H2,1-2H3,(H,23,25)/t15-,16-/m0/s1. The summed E-state index contributed by atoms with van der Waals surface area (Å²) in [5, 5.41) is 2.79. The van der Waals surface area contributed by atoms with Crippen molar-refractivity contribution in [3.05, 3.63) is 48.0 Å². The smallest absolute Gasteiger partial charge is 0.255 e. The third-order valence-corrected chi connectivity index (χ3v) is 7.24. The maximum Gasteiger partial charge on any atom is 0.255 e. The topological polar surface area (TPSA) is 84.9 Å². The van der Waals surface area contributed by atoms with Crippen LogP contribution in [0.3, 0.4) is 0 Å². The van der Waals surface area contributed by atoms with Gasteiger partial charge in [0.2, 0.25) is 10.0 Å². The molecule has 1 fully saturated rings. The minimum absolute atomic E-state index is 0.237. The Morgan fingerprint density at radius 2 is 1.60 bits per heavy atom. The van der Waals surface area contributed by atoms with Gasteiger partial charge >= 0.3 is 0 Å². The first-order chi connectivity index (χ1) is 14.3. The summed E-state index contributed by atoms with van der Waals surface area (Å²) in [5.41, 5.74) is 0.960. The van der Waals surface area contributed by atoms with Crippen LogP contribution >= 0.6 is 0 Å². The van der Waals surface area contributed by atoms with Crippen molar-refractivity contribution in [3.8, 4) is 11.5 Å². The predicted molar refractivity (Wildman–Crippen MR) is 114 cm³/mol. The second-order valence-corrected chi connectivity index (χ2v) is 10.0. The minimum Gasteiger partial charge on any atom is -0.486 e. The molecule has 0 spiro atoms. The molecule has 2 heterocycles. The Kier molecular flexibility index (Phi) is 5.71. The Labute approximate surface area is 177 Å². The van der Waals surface area contributed by atoms with E-state index >= 15 is 0 Å². The summed E-state index contributed by atoms with van der Waals surface area (Å²) >= 11 is 0. The summed E-state index contributed by atoms with van der Waals surface area (Å²) < 4.78 is 38.5. The lowest BCUT2D eigenvalue weighted by atomic mass is 9.94. The lowest BCUT2D eigenvalue weighted by molar-refractivity contribution is 0.102. The monoisotopic (exact) mass is 430 g/mol. The molecule has 160 valence electrons. The maximum absolute atomic E-state index is 13.0. The van der Waals surface area contributed by atoms with Crippen LogP contribution in [0.2, 0.25) is 0 Å². The highest BCUT2D eigenvalue weighted by atomic mass is 32.2. The van der Waals surface area contributed by atoms with Crippen LogP contribution in [0, 0.1) is 11.8 Å². The van der Waals surface area contributed by atoms with E-state index in [1.807, 2.05) is 0 Å². The van der Waals surface area contributed by atoms with Gasteiger partial charge in [-0.3, -0.25) is 4.79 Å². The summed E-state index contributed by atoms with van der Waals surface area (Å²) in [6, 6.07) is 11.3. The van der Waals surface area contributed by atoms with Gasteiger partial charge in [-0.25, -0.2) is 8.42 Å². The summed E-state index contributed by atoms with van der Waals surface area (Å²) in [6.45, 7) is 6.17. The van der Waals surface area contributed by atoms with Crippen molar-refractivity contribution in [2.75, 3.05) is 31.6 Å². The number of benzene rings is 2. The zero-order valence-electron chi connectivity index (χ0n) is 17.1. The van der Waals surface area contributed by atoms with Crippen LogP contribution < -0.4 is 14.8 Å². The summed E-state index contributed by atoms with van der Waals surface area (Å²) in [4.78, 5) is 12.8. The van der Waals surface area contributed by atoms with Crippen molar-refractivity contribution in [1.82, 2.24) is 4.31 Å². The highest BCUT2D eigenvalue weighted by Gasteiger charge is 2.31. The SMILES string of the molecule is C[C@H]1C[C@H](C)CN(S(=O)(=O)c2ccc(NC(=O)c3ccc4c(c3)OCCO4)cc2)C1. The van der Waals surface area contributed by atoms with Gasteiger partial charge < -0.3 is 14.8 Å². The Bertz CT molecular complexity index is 1030.